The second-order valence-corrected chi connectivity index (χ2v) is 2.99. The SMILES string of the molecule is CCOC(=O)c1cc2cc(N)cnc2o1.Cl. The van der Waals surface area contributed by atoms with Crippen molar-refractivity contribution < 1.29 is 13.9 Å². The number of rotatable bonds is 2. The van der Waals surface area contributed by atoms with Gasteiger partial charge in [-0.2, -0.15) is 0 Å². The fraction of sp³-hybridized carbons (Fsp3) is 0.200. The molecule has 0 fully saturated rings. The van der Waals surface area contributed by atoms with Gasteiger partial charge in [0.25, 0.3) is 0 Å². The van der Waals surface area contributed by atoms with Gasteiger partial charge in [-0.25, -0.2) is 9.78 Å². The quantitative estimate of drug-likeness (QED) is 0.815. The molecule has 2 rings (SSSR count). The molecular formula is C10H11ClN2O3. The molecule has 0 unspecified atom stereocenters. The molecule has 6 heteroatoms. The molecule has 0 radical (unpaired) electrons. The van der Waals surface area contributed by atoms with Gasteiger partial charge in [0.2, 0.25) is 11.5 Å². The average Bonchev–Trinajstić information content (AvgIpc) is 2.60. The minimum absolute atomic E-state index is 0. The van der Waals surface area contributed by atoms with Crippen LogP contribution in [0, 0.1) is 0 Å². The summed E-state index contributed by atoms with van der Waals surface area (Å²) in [5.74, 6) is -0.348. The number of hydrogen-bond donors (Lipinski definition) is 1. The first-order valence-corrected chi connectivity index (χ1v) is 4.53. The van der Waals surface area contributed by atoms with E-state index in [2.05, 4.69) is 4.98 Å². The van der Waals surface area contributed by atoms with Crippen molar-refractivity contribution in [1.29, 1.82) is 0 Å². The molecule has 2 aromatic rings. The van der Waals surface area contributed by atoms with E-state index in [1.54, 1.807) is 19.1 Å². The standard InChI is InChI=1S/C10H10N2O3.ClH/c1-2-14-10(13)8-4-6-3-7(11)5-12-9(6)15-8;/h3-5H,2,11H2,1H3;1H. The van der Waals surface area contributed by atoms with Crippen LogP contribution in [0.1, 0.15) is 17.5 Å². The summed E-state index contributed by atoms with van der Waals surface area (Å²) in [5.41, 5.74) is 6.46. The van der Waals surface area contributed by atoms with Crippen LogP contribution in [-0.4, -0.2) is 17.6 Å². The van der Waals surface area contributed by atoms with Gasteiger partial charge in [-0.05, 0) is 13.0 Å². The monoisotopic (exact) mass is 242 g/mol. The van der Waals surface area contributed by atoms with Crippen LogP contribution in [0.3, 0.4) is 0 Å². The van der Waals surface area contributed by atoms with Crippen LogP contribution in [0.5, 0.6) is 0 Å². The highest BCUT2D eigenvalue weighted by molar-refractivity contribution is 5.92. The number of halogens is 1. The normalized spacial score (nSPS) is 9.81. The Kier molecular flexibility index (Phi) is 3.73. The van der Waals surface area contributed by atoms with Gasteiger partial charge in [-0.3, -0.25) is 0 Å². The highest BCUT2D eigenvalue weighted by atomic mass is 35.5. The summed E-state index contributed by atoms with van der Waals surface area (Å²) >= 11 is 0. The fourth-order valence-electron chi connectivity index (χ4n) is 1.25. The maximum absolute atomic E-state index is 11.3. The molecule has 0 amide bonds. The zero-order valence-electron chi connectivity index (χ0n) is 8.60. The van der Waals surface area contributed by atoms with Crippen LogP contribution < -0.4 is 5.73 Å². The number of esters is 1. The van der Waals surface area contributed by atoms with Gasteiger partial charge < -0.3 is 14.9 Å². The lowest BCUT2D eigenvalue weighted by Crippen LogP contribution is -2.02. The fourth-order valence-corrected chi connectivity index (χ4v) is 1.25. The summed E-state index contributed by atoms with van der Waals surface area (Å²) in [6, 6.07) is 3.26. The summed E-state index contributed by atoms with van der Waals surface area (Å²) in [5, 5.41) is 0.693. The van der Waals surface area contributed by atoms with E-state index in [9.17, 15) is 4.79 Å². The molecule has 0 saturated heterocycles. The zero-order valence-corrected chi connectivity index (χ0v) is 9.41. The van der Waals surface area contributed by atoms with E-state index in [0.29, 0.717) is 23.4 Å². The Balaban J connectivity index is 0.00000128. The molecule has 0 spiro atoms. The molecule has 86 valence electrons. The number of ether oxygens (including phenoxy) is 1. The number of fused-ring (bicyclic) bond motifs is 1. The predicted molar refractivity (Wildman–Crippen MR) is 61.6 cm³/mol. The van der Waals surface area contributed by atoms with Gasteiger partial charge in [-0.1, -0.05) is 0 Å². The molecule has 0 aliphatic carbocycles. The number of pyridine rings is 1. The summed E-state index contributed by atoms with van der Waals surface area (Å²) in [6.45, 7) is 2.04. The third-order valence-electron chi connectivity index (χ3n) is 1.87. The van der Waals surface area contributed by atoms with Crippen LogP contribution in [0.2, 0.25) is 0 Å². The van der Waals surface area contributed by atoms with Crippen molar-refractivity contribution in [3.05, 3.63) is 24.1 Å². The molecule has 0 bridgehead atoms. The summed E-state index contributed by atoms with van der Waals surface area (Å²) < 4.78 is 9.99. The number of nitrogen functional groups attached to an aromatic ring is 1. The highest BCUT2D eigenvalue weighted by Crippen LogP contribution is 2.19. The minimum atomic E-state index is -0.492. The van der Waals surface area contributed by atoms with Gasteiger partial charge >= 0.3 is 5.97 Å². The minimum Gasteiger partial charge on any atom is -0.460 e. The summed E-state index contributed by atoms with van der Waals surface area (Å²) in [4.78, 5) is 15.3. The number of nitrogens with two attached hydrogens (primary N) is 1. The Morgan fingerprint density at radius 3 is 3.00 bits per heavy atom. The van der Waals surface area contributed by atoms with E-state index in [-0.39, 0.29) is 18.2 Å². The Morgan fingerprint density at radius 2 is 2.31 bits per heavy atom. The molecule has 0 aromatic carbocycles. The number of aromatic nitrogens is 1. The molecule has 5 nitrogen and oxygen atoms in total. The first-order valence-electron chi connectivity index (χ1n) is 4.53. The molecule has 2 N–H and O–H groups in total. The van der Waals surface area contributed by atoms with Crippen LogP contribution >= 0.6 is 12.4 Å². The van der Waals surface area contributed by atoms with Gasteiger partial charge in [0, 0.05) is 11.5 Å². The van der Waals surface area contributed by atoms with E-state index in [4.69, 9.17) is 14.9 Å². The zero-order chi connectivity index (χ0) is 10.8. The van der Waals surface area contributed by atoms with Crippen molar-refractivity contribution in [2.45, 2.75) is 6.92 Å². The largest absolute Gasteiger partial charge is 0.460 e. The van der Waals surface area contributed by atoms with E-state index >= 15 is 0 Å². The lowest BCUT2D eigenvalue weighted by atomic mass is 10.3. The number of hydrogen-bond acceptors (Lipinski definition) is 5. The molecule has 0 saturated carbocycles. The van der Waals surface area contributed by atoms with Crippen LogP contribution in [0.25, 0.3) is 11.1 Å². The molecule has 0 atom stereocenters. The molecule has 2 heterocycles. The Morgan fingerprint density at radius 1 is 1.56 bits per heavy atom. The van der Waals surface area contributed by atoms with E-state index in [1.807, 2.05) is 0 Å². The maximum atomic E-state index is 11.3. The Hall–Kier alpha value is -1.75. The lowest BCUT2D eigenvalue weighted by molar-refractivity contribution is 0.0492. The van der Waals surface area contributed by atoms with Crippen LogP contribution in [0.15, 0.2) is 22.7 Å². The van der Waals surface area contributed by atoms with E-state index in [0.717, 1.165) is 0 Å². The number of furan rings is 1. The van der Waals surface area contributed by atoms with E-state index < -0.39 is 5.97 Å². The molecule has 0 aliphatic heterocycles. The second kappa shape index (κ2) is 4.85. The Labute approximate surface area is 98.0 Å². The smallest absolute Gasteiger partial charge is 0.374 e. The molecular weight excluding hydrogens is 232 g/mol. The number of carbonyl (C=O) groups excluding carboxylic acids is 1. The third kappa shape index (κ3) is 2.25. The average molecular weight is 243 g/mol. The van der Waals surface area contributed by atoms with E-state index in [1.165, 1.54) is 6.20 Å². The van der Waals surface area contributed by atoms with Gasteiger partial charge in [0.05, 0.1) is 18.5 Å². The van der Waals surface area contributed by atoms with Gasteiger partial charge in [0.1, 0.15) is 0 Å². The van der Waals surface area contributed by atoms with Gasteiger partial charge in [0.15, 0.2) is 0 Å². The second-order valence-electron chi connectivity index (χ2n) is 2.99. The van der Waals surface area contributed by atoms with Crippen molar-refractivity contribution >= 4 is 35.2 Å². The van der Waals surface area contributed by atoms with Crippen molar-refractivity contribution in [2.75, 3.05) is 12.3 Å². The van der Waals surface area contributed by atoms with Crippen LogP contribution in [0.4, 0.5) is 5.69 Å². The predicted octanol–water partition coefficient (Wildman–Crippen LogP) is 2.01. The van der Waals surface area contributed by atoms with Crippen LogP contribution in [-0.2, 0) is 4.74 Å². The van der Waals surface area contributed by atoms with Crippen molar-refractivity contribution in [3.63, 3.8) is 0 Å². The lowest BCUT2D eigenvalue weighted by Gasteiger charge is -1.95. The number of carbonyl (C=O) groups is 1. The number of anilines is 1. The van der Waals surface area contributed by atoms with Crippen molar-refractivity contribution in [1.82, 2.24) is 4.98 Å². The molecule has 0 aliphatic rings. The van der Waals surface area contributed by atoms with Crippen molar-refractivity contribution in [3.8, 4) is 0 Å². The summed E-state index contributed by atoms with van der Waals surface area (Å²) in [6.07, 6.45) is 1.47. The molecule has 2 aromatic heterocycles. The maximum Gasteiger partial charge on any atom is 0.374 e. The topological polar surface area (TPSA) is 78.4 Å². The first-order chi connectivity index (χ1) is 7.20. The Bertz CT molecular complexity index is 510. The number of nitrogens with zero attached hydrogens (tertiary/aromatic N) is 1. The highest BCUT2D eigenvalue weighted by Gasteiger charge is 2.13. The summed E-state index contributed by atoms with van der Waals surface area (Å²) in [7, 11) is 0. The van der Waals surface area contributed by atoms with Gasteiger partial charge in [-0.15, -0.1) is 12.4 Å². The molecule has 16 heavy (non-hydrogen) atoms. The third-order valence-corrected chi connectivity index (χ3v) is 1.87. The van der Waals surface area contributed by atoms with Crippen molar-refractivity contribution in [2.24, 2.45) is 0 Å². The first kappa shape index (κ1) is 12.3.